The Hall–Kier alpha value is -2.74. The summed E-state index contributed by atoms with van der Waals surface area (Å²) in [6.07, 6.45) is 1.46. The first-order valence-corrected chi connectivity index (χ1v) is 9.06. The molecule has 3 amide bonds. The first-order valence-electron chi connectivity index (χ1n) is 8.68. The summed E-state index contributed by atoms with van der Waals surface area (Å²) in [5, 5.41) is 4.92. The Bertz CT molecular complexity index is 748. The fourth-order valence-electron chi connectivity index (χ4n) is 2.09. The van der Waals surface area contributed by atoms with Gasteiger partial charge in [0.25, 0.3) is 5.91 Å². The molecule has 0 aliphatic carbocycles. The Kier molecular flexibility index (Phi) is 9.31. The number of rotatable bonds is 8. The number of urea groups is 1. The van der Waals surface area contributed by atoms with E-state index in [9.17, 15) is 14.4 Å². The number of hydrogen-bond acceptors (Lipinski definition) is 6. The Morgan fingerprint density at radius 1 is 1.21 bits per heavy atom. The van der Waals surface area contributed by atoms with Crippen molar-refractivity contribution >= 4 is 35.6 Å². The smallest absolute Gasteiger partial charge is 0.331 e. The fraction of sp³-hybridized carbons (Fsp3) is 0.421. The Labute approximate surface area is 169 Å². The van der Waals surface area contributed by atoms with Gasteiger partial charge < -0.3 is 19.5 Å². The van der Waals surface area contributed by atoms with Crippen molar-refractivity contribution in [3.05, 3.63) is 28.8 Å². The average Bonchev–Trinajstić information content (AvgIpc) is 2.59. The maximum absolute atomic E-state index is 11.9. The van der Waals surface area contributed by atoms with Crippen molar-refractivity contribution in [3.8, 4) is 11.5 Å². The second-order valence-corrected chi connectivity index (χ2v) is 6.40. The highest BCUT2D eigenvalue weighted by Crippen LogP contribution is 2.36. The normalized spacial score (nSPS) is 11.8. The van der Waals surface area contributed by atoms with Crippen molar-refractivity contribution in [2.75, 3.05) is 13.7 Å². The summed E-state index contributed by atoms with van der Waals surface area (Å²) in [6.45, 7) is 7.10. The number of ether oxygens (including phenoxy) is 3. The van der Waals surface area contributed by atoms with Crippen LogP contribution in [0.1, 0.15) is 33.3 Å². The van der Waals surface area contributed by atoms with Crippen LogP contribution in [0.3, 0.4) is 0 Å². The third-order valence-corrected chi connectivity index (χ3v) is 3.55. The molecule has 2 N–H and O–H groups in total. The third-order valence-electron chi connectivity index (χ3n) is 3.27. The zero-order chi connectivity index (χ0) is 21.3. The molecule has 1 rings (SSSR count). The Morgan fingerprint density at radius 3 is 2.46 bits per heavy atom. The van der Waals surface area contributed by atoms with Crippen molar-refractivity contribution in [1.82, 2.24) is 10.6 Å². The van der Waals surface area contributed by atoms with Crippen molar-refractivity contribution < 1.29 is 28.6 Å². The minimum absolute atomic E-state index is 0.133. The molecule has 0 bridgehead atoms. The largest absolute Gasteiger partial charge is 0.491 e. The van der Waals surface area contributed by atoms with Crippen LogP contribution in [0, 0.1) is 0 Å². The van der Waals surface area contributed by atoms with Gasteiger partial charge in [-0.3, -0.25) is 10.1 Å². The summed E-state index contributed by atoms with van der Waals surface area (Å²) in [5.41, 5.74) is 0.583. The van der Waals surface area contributed by atoms with Gasteiger partial charge in [-0.2, -0.15) is 0 Å². The zero-order valence-corrected chi connectivity index (χ0v) is 17.3. The lowest BCUT2D eigenvalue weighted by Gasteiger charge is -2.13. The molecule has 0 saturated carbocycles. The van der Waals surface area contributed by atoms with Crippen molar-refractivity contribution in [2.45, 2.75) is 39.8 Å². The first-order chi connectivity index (χ1) is 13.2. The molecule has 0 aliphatic heterocycles. The highest BCUT2D eigenvalue weighted by Gasteiger charge is 2.19. The number of benzene rings is 1. The van der Waals surface area contributed by atoms with Crippen LogP contribution in [0.15, 0.2) is 18.2 Å². The topological polar surface area (TPSA) is 103 Å². The van der Waals surface area contributed by atoms with Gasteiger partial charge in [0.2, 0.25) is 0 Å². The summed E-state index contributed by atoms with van der Waals surface area (Å²) in [6, 6.07) is 2.46. The van der Waals surface area contributed by atoms with Crippen molar-refractivity contribution in [1.29, 1.82) is 0 Å². The van der Waals surface area contributed by atoms with Crippen LogP contribution >= 0.6 is 11.6 Å². The molecule has 0 aliphatic rings. The molecule has 8 nitrogen and oxygen atoms in total. The van der Waals surface area contributed by atoms with Crippen LogP contribution in [-0.2, 0) is 14.3 Å². The molecule has 9 heteroatoms. The molecular weight excluding hydrogens is 388 g/mol. The monoisotopic (exact) mass is 412 g/mol. The molecule has 1 atom stereocenters. The van der Waals surface area contributed by atoms with Crippen LogP contribution in [0.25, 0.3) is 6.08 Å². The summed E-state index contributed by atoms with van der Waals surface area (Å²) in [7, 11) is 1.48. The lowest BCUT2D eigenvalue weighted by atomic mass is 10.2. The highest BCUT2D eigenvalue weighted by molar-refractivity contribution is 6.32. The second-order valence-electron chi connectivity index (χ2n) is 6.00. The van der Waals surface area contributed by atoms with E-state index >= 15 is 0 Å². The van der Waals surface area contributed by atoms with Gasteiger partial charge in [0.1, 0.15) is 0 Å². The Morgan fingerprint density at radius 2 is 1.89 bits per heavy atom. The number of imide groups is 1. The predicted octanol–water partition coefficient (Wildman–Crippen LogP) is 2.93. The third kappa shape index (κ3) is 7.48. The minimum atomic E-state index is -1.14. The highest BCUT2D eigenvalue weighted by atomic mass is 35.5. The van der Waals surface area contributed by atoms with Crippen LogP contribution in [-0.4, -0.2) is 43.8 Å². The molecule has 0 fully saturated rings. The molecule has 1 aromatic carbocycles. The molecule has 154 valence electrons. The van der Waals surface area contributed by atoms with Crippen LogP contribution in [0.2, 0.25) is 5.02 Å². The van der Waals surface area contributed by atoms with E-state index in [1.807, 2.05) is 6.92 Å². The van der Waals surface area contributed by atoms with E-state index in [4.69, 9.17) is 25.8 Å². The number of methoxy groups -OCH3 is 1. The molecule has 1 aromatic rings. The van der Waals surface area contributed by atoms with Crippen molar-refractivity contribution in [2.24, 2.45) is 0 Å². The van der Waals surface area contributed by atoms with E-state index < -0.39 is 24.0 Å². The van der Waals surface area contributed by atoms with E-state index in [-0.39, 0.29) is 6.04 Å². The van der Waals surface area contributed by atoms with E-state index in [0.717, 1.165) is 6.08 Å². The SMILES string of the molecule is CCOc1cc(/C=C/C(=O)O[C@H](C)C(=O)NC(=O)NC(C)C)cc(Cl)c1OC. The van der Waals surface area contributed by atoms with E-state index in [1.54, 1.807) is 26.0 Å². The van der Waals surface area contributed by atoms with E-state index in [0.29, 0.717) is 28.7 Å². The number of carbonyl (C=O) groups excluding carboxylic acids is 3. The number of nitrogens with one attached hydrogen (secondary N) is 2. The maximum Gasteiger partial charge on any atom is 0.331 e. The molecule has 0 aromatic heterocycles. The van der Waals surface area contributed by atoms with E-state index in [2.05, 4.69) is 10.6 Å². The predicted molar refractivity (Wildman–Crippen MR) is 106 cm³/mol. The summed E-state index contributed by atoms with van der Waals surface area (Å²) >= 11 is 6.15. The summed E-state index contributed by atoms with van der Waals surface area (Å²) in [5.74, 6) is -0.648. The van der Waals surface area contributed by atoms with Gasteiger partial charge in [0.15, 0.2) is 17.6 Å². The first kappa shape index (κ1) is 23.3. The molecule has 0 heterocycles. The van der Waals surface area contributed by atoms with Gasteiger partial charge in [0, 0.05) is 12.1 Å². The van der Waals surface area contributed by atoms with Crippen LogP contribution < -0.4 is 20.1 Å². The molecule has 0 saturated heterocycles. The average molecular weight is 413 g/mol. The molecule has 0 radical (unpaired) electrons. The molecule has 0 unspecified atom stereocenters. The number of amides is 3. The lowest BCUT2D eigenvalue weighted by Crippen LogP contribution is -2.46. The molecular formula is C19H25ClN2O6. The molecule has 0 spiro atoms. The fourth-order valence-corrected chi connectivity index (χ4v) is 2.38. The Balaban J connectivity index is 2.73. The number of hydrogen-bond donors (Lipinski definition) is 2. The summed E-state index contributed by atoms with van der Waals surface area (Å²) < 4.78 is 15.6. The quantitative estimate of drug-likeness (QED) is 0.502. The van der Waals surface area contributed by atoms with E-state index in [1.165, 1.54) is 20.1 Å². The number of carbonyl (C=O) groups is 3. The number of esters is 1. The standard InChI is InChI=1S/C19H25ClN2O6/c1-6-27-15-10-13(9-14(20)17(15)26-5)7-8-16(23)28-12(4)18(24)22-19(25)21-11(2)3/h7-12H,6H2,1-5H3,(H2,21,22,24,25)/b8-7+/t12-/m1/s1. The van der Waals surface area contributed by atoms with Gasteiger partial charge in [-0.25, -0.2) is 9.59 Å². The lowest BCUT2D eigenvalue weighted by molar-refractivity contribution is -0.149. The van der Waals surface area contributed by atoms with Gasteiger partial charge in [-0.1, -0.05) is 11.6 Å². The van der Waals surface area contributed by atoms with Gasteiger partial charge in [0.05, 0.1) is 18.7 Å². The van der Waals surface area contributed by atoms with Crippen LogP contribution in [0.5, 0.6) is 11.5 Å². The van der Waals surface area contributed by atoms with Crippen molar-refractivity contribution in [3.63, 3.8) is 0 Å². The molecule has 28 heavy (non-hydrogen) atoms. The second kappa shape index (κ2) is 11.2. The van der Waals surface area contributed by atoms with Gasteiger partial charge in [-0.05, 0) is 51.5 Å². The van der Waals surface area contributed by atoms with Crippen LogP contribution in [0.4, 0.5) is 4.79 Å². The number of halogens is 1. The summed E-state index contributed by atoms with van der Waals surface area (Å²) in [4.78, 5) is 35.3. The van der Waals surface area contributed by atoms with Gasteiger partial charge >= 0.3 is 12.0 Å². The minimum Gasteiger partial charge on any atom is -0.491 e. The van der Waals surface area contributed by atoms with Gasteiger partial charge in [-0.15, -0.1) is 0 Å². The maximum atomic E-state index is 11.9. The zero-order valence-electron chi connectivity index (χ0n) is 16.5.